The fourth-order valence-corrected chi connectivity index (χ4v) is 3.36. The standard InChI is InChI=1S/C15H23Cl2N3/c1-3-18-14-12(16)8-13(17)15(20-14)19-9-11-6-4-5-10(2)7-11/h8,10-11H,3-7,9H2,1-2H3,(H2,18,19,20). The summed E-state index contributed by atoms with van der Waals surface area (Å²) >= 11 is 12.3. The maximum atomic E-state index is 6.21. The number of anilines is 2. The first-order valence-electron chi connectivity index (χ1n) is 7.44. The van der Waals surface area contributed by atoms with Crippen molar-refractivity contribution in [1.82, 2.24) is 4.98 Å². The number of hydrogen-bond acceptors (Lipinski definition) is 3. The Kier molecular flexibility index (Phi) is 5.79. The first-order chi connectivity index (χ1) is 9.60. The summed E-state index contributed by atoms with van der Waals surface area (Å²) in [6, 6.07) is 1.75. The van der Waals surface area contributed by atoms with Crippen molar-refractivity contribution in [2.24, 2.45) is 11.8 Å². The van der Waals surface area contributed by atoms with Crippen LogP contribution in [-0.4, -0.2) is 18.1 Å². The highest BCUT2D eigenvalue weighted by molar-refractivity contribution is 6.37. The molecule has 0 amide bonds. The van der Waals surface area contributed by atoms with Crippen molar-refractivity contribution >= 4 is 34.8 Å². The molecule has 0 bridgehead atoms. The van der Waals surface area contributed by atoms with Gasteiger partial charge < -0.3 is 10.6 Å². The van der Waals surface area contributed by atoms with Crippen LogP contribution in [0.4, 0.5) is 11.6 Å². The van der Waals surface area contributed by atoms with Crippen LogP contribution in [-0.2, 0) is 0 Å². The van der Waals surface area contributed by atoms with Gasteiger partial charge in [-0.1, -0.05) is 43.0 Å². The Morgan fingerprint density at radius 1 is 1.20 bits per heavy atom. The first kappa shape index (κ1) is 15.7. The molecule has 1 aliphatic rings. The number of rotatable bonds is 5. The smallest absolute Gasteiger partial charge is 0.147 e. The summed E-state index contributed by atoms with van der Waals surface area (Å²) in [6.45, 7) is 6.07. The molecule has 3 nitrogen and oxygen atoms in total. The molecule has 2 rings (SSSR count). The van der Waals surface area contributed by atoms with E-state index in [9.17, 15) is 0 Å². The molecule has 0 aliphatic heterocycles. The van der Waals surface area contributed by atoms with Crippen LogP contribution in [0.3, 0.4) is 0 Å². The van der Waals surface area contributed by atoms with Crippen molar-refractivity contribution in [3.05, 3.63) is 16.1 Å². The molecule has 1 aromatic heterocycles. The molecular weight excluding hydrogens is 293 g/mol. The van der Waals surface area contributed by atoms with Crippen LogP contribution < -0.4 is 10.6 Å². The van der Waals surface area contributed by atoms with E-state index in [0.29, 0.717) is 15.9 Å². The van der Waals surface area contributed by atoms with Gasteiger partial charge in [0.2, 0.25) is 0 Å². The summed E-state index contributed by atoms with van der Waals surface area (Å²) < 4.78 is 0. The molecule has 0 saturated heterocycles. The topological polar surface area (TPSA) is 37.0 Å². The van der Waals surface area contributed by atoms with Gasteiger partial charge in [0, 0.05) is 13.1 Å². The Balaban J connectivity index is 1.99. The molecule has 0 radical (unpaired) electrons. The number of halogens is 2. The van der Waals surface area contributed by atoms with Crippen molar-refractivity contribution in [2.45, 2.75) is 39.5 Å². The van der Waals surface area contributed by atoms with E-state index >= 15 is 0 Å². The monoisotopic (exact) mass is 315 g/mol. The number of pyridine rings is 1. The molecule has 1 heterocycles. The van der Waals surface area contributed by atoms with Gasteiger partial charge in [-0.15, -0.1) is 0 Å². The van der Waals surface area contributed by atoms with Gasteiger partial charge in [-0.25, -0.2) is 4.98 Å². The summed E-state index contributed by atoms with van der Waals surface area (Å²) in [4.78, 5) is 4.48. The Bertz CT molecular complexity index is 451. The zero-order valence-electron chi connectivity index (χ0n) is 12.2. The fraction of sp³-hybridized carbons (Fsp3) is 0.667. The van der Waals surface area contributed by atoms with Gasteiger partial charge >= 0.3 is 0 Å². The summed E-state index contributed by atoms with van der Waals surface area (Å²) in [6.07, 6.45) is 5.28. The van der Waals surface area contributed by atoms with Gasteiger partial charge in [0.05, 0.1) is 10.0 Å². The van der Waals surface area contributed by atoms with E-state index < -0.39 is 0 Å². The fourth-order valence-electron chi connectivity index (χ4n) is 2.87. The number of hydrogen-bond donors (Lipinski definition) is 2. The van der Waals surface area contributed by atoms with Crippen molar-refractivity contribution in [2.75, 3.05) is 23.7 Å². The molecule has 0 spiro atoms. The van der Waals surface area contributed by atoms with E-state index in [4.69, 9.17) is 23.2 Å². The molecule has 0 aromatic carbocycles. The molecule has 5 heteroatoms. The van der Waals surface area contributed by atoms with E-state index in [-0.39, 0.29) is 0 Å². The van der Waals surface area contributed by atoms with Crippen molar-refractivity contribution < 1.29 is 0 Å². The van der Waals surface area contributed by atoms with Crippen LogP contribution in [0.25, 0.3) is 0 Å². The molecule has 2 atom stereocenters. The van der Waals surface area contributed by atoms with Crippen LogP contribution in [0.2, 0.25) is 10.0 Å². The minimum absolute atomic E-state index is 0.564. The lowest BCUT2D eigenvalue weighted by molar-refractivity contribution is 0.293. The predicted octanol–water partition coefficient (Wildman–Crippen LogP) is 5.06. The van der Waals surface area contributed by atoms with Gasteiger partial charge in [-0.2, -0.15) is 0 Å². The third kappa shape index (κ3) is 4.16. The van der Waals surface area contributed by atoms with Crippen molar-refractivity contribution in [1.29, 1.82) is 0 Å². The highest BCUT2D eigenvalue weighted by Crippen LogP contribution is 2.31. The van der Waals surface area contributed by atoms with E-state index in [1.807, 2.05) is 6.92 Å². The highest BCUT2D eigenvalue weighted by atomic mass is 35.5. The molecule has 1 fully saturated rings. The third-order valence-electron chi connectivity index (χ3n) is 3.88. The van der Waals surface area contributed by atoms with E-state index in [1.165, 1.54) is 25.7 Å². The van der Waals surface area contributed by atoms with Gasteiger partial charge in [-0.05, 0) is 37.7 Å². The molecule has 1 aliphatic carbocycles. The van der Waals surface area contributed by atoms with E-state index in [0.717, 1.165) is 30.7 Å². The molecule has 1 saturated carbocycles. The number of nitrogens with one attached hydrogen (secondary N) is 2. The Morgan fingerprint density at radius 2 is 1.90 bits per heavy atom. The van der Waals surface area contributed by atoms with Crippen molar-refractivity contribution in [3.63, 3.8) is 0 Å². The molecule has 2 N–H and O–H groups in total. The number of nitrogens with zero attached hydrogens (tertiary/aromatic N) is 1. The normalized spacial score (nSPS) is 22.6. The average molecular weight is 316 g/mol. The van der Waals surface area contributed by atoms with Gasteiger partial charge in [0.25, 0.3) is 0 Å². The Labute approximate surface area is 131 Å². The Morgan fingerprint density at radius 3 is 2.55 bits per heavy atom. The minimum atomic E-state index is 0.564. The Hall–Kier alpha value is -0.670. The second-order valence-electron chi connectivity index (χ2n) is 5.70. The van der Waals surface area contributed by atoms with Crippen LogP contribution in [0.1, 0.15) is 39.5 Å². The predicted molar refractivity (Wildman–Crippen MR) is 88.0 cm³/mol. The van der Waals surface area contributed by atoms with Gasteiger partial charge in [0.15, 0.2) is 0 Å². The molecule has 20 heavy (non-hydrogen) atoms. The van der Waals surface area contributed by atoms with Crippen LogP contribution in [0, 0.1) is 11.8 Å². The third-order valence-corrected chi connectivity index (χ3v) is 4.45. The lowest BCUT2D eigenvalue weighted by atomic mass is 9.82. The zero-order chi connectivity index (χ0) is 14.5. The van der Waals surface area contributed by atoms with Crippen LogP contribution in [0.5, 0.6) is 0 Å². The van der Waals surface area contributed by atoms with Crippen molar-refractivity contribution in [3.8, 4) is 0 Å². The molecule has 112 valence electrons. The highest BCUT2D eigenvalue weighted by Gasteiger charge is 2.19. The van der Waals surface area contributed by atoms with E-state index in [2.05, 4.69) is 22.5 Å². The minimum Gasteiger partial charge on any atom is -0.369 e. The first-order valence-corrected chi connectivity index (χ1v) is 8.19. The maximum Gasteiger partial charge on any atom is 0.147 e. The van der Waals surface area contributed by atoms with Gasteiger partial charge in [0.1, 0.15) is 11.6 Å². The maximum absolute atomic E-state index is 6.21. The summed E-state index contributed by atoms with van der Waals surface area (Å²) in [5.74, 6) is 2.97. The van der Waals surface area contributed by atoms with E-state index in [1.54, 1.807) is 6.07 Å². The lowest BCUT2D eigenvalue weighted by Gasteiger charge is -2.27. The summed E-state index contributed by atoms with van der Waals surface area (Å²) in [7, 11) is 0. The number of aromatic nitrogens is 1. The summed E-state index contributed by atoms with van der Waals surface area (Å²) in [5, 5.41) is 7.68. The quantitative estimate of drug-likeness (QED) is 0.797. The molecular formula is C15H23Cl2N3. The molecule has 1 aromatic rings. The second-order valence-corrected chi connectivity index (χ2v) is 6.51. The lowest BCUT2D eigenvalue weighted by Crippen LogP contribution is -2.21. The summed E-state index contributed by atoms with van der Waals surface area (Å²) in [5.41, 5.74) is 0. The second kappa shape index (κ2) is 7.37. The largest absolute Gasteiger partial charge is 0.369 e. The van der Waals surface area contributed by atoms with Gasteiger partial charge in [-0.3, -0.25) is 0 Å². The van der Waals surface area contributed by atoms with Crippen LogP contribution in [0.15, 0.2) is 6.07 Å². The SMILES string of the molecule is CCNc1nc(NCC2CCCC(C)C2)c(Cl)cc1Cl. The zero-order valence-corrected chi connectivity index (χ0v) is 13.7. The average Bonchev–Trinajstić information content (AvgIpc) is 2.41. The van der Waals surface area contributed by atoms with Crippen LogP contribution >= 0.6 is 23.2 Å². The molecule has 2 unspecified atom stereocenters.